The van der Waals surface area contributed by atoms with E-state index in [0.29, 0.717) is 6.61 Å². The molecule has 0 bridgehead atoms. The van der Waals surface area contributed by atoms with Crippen molar-refractivity contribution in [1.82, 2.24) is 0 Å². The van der Waals surface area contributed by atoms with Crippen molar-refractivity contribution in [3.05, 3.63) is 0 Å². The molecule has 7 heteroatoms. The van der Waals surface area contributed by atoms with Crippen LogP contribution in [0.4, 0.5) is 0 Å². The molecule has 0 spiro atoms. The molecule has 0 aliphatic carbocycles. The summed E-state index contributed by atoms with van der Waals surface area (Å²) in [7, 11) is -0.417. The van der Waals surface area contributed by atoms with Crippen LogP contribution in [0.3, 0.4) is 0 Å². The van der Waals surface area contributed by atoms with Crippen LogP contribution < -0.4 is 0 Å². The maximum atomic E-state index is 8.69. The van der Waals surface area contributed by atoms with Gasteiger partial charge in [-0.25, -0.2) is 0 Å². The molecule has 0 aromatic rings. The van der Waals surface area contributed by atoms with Crippen LogP contribution in [-0.4, -0.2) is 60.1 Å². The van der Waals surface area contributed by atoms with Crippen molar-refractivity contribution in [2.24, 2.45) is 0 Å². The van der Waals surface area contributed by atoms with Crippen molar-refractivity contribution < 1.29 is 29.7 Å². The van der Waals surface area contributed by atoms with Crippen LogP contribution in [0.15, 0.2) is 0 Å². The third-order valence-corrected chi connectivity index (χ3v) is 1.09. The Labute approximate surface area is 84.3 Å². The van der Waals surface area contributed by atoms with E-state index in [1.54, 1.807) is 13.8 Å². The maximum Gasteiger partial charge on any atom is 0.633 e. The fourth-order valence-corrected chi connectivity index (χ4v) is 0.356. The lowest BCUT2D eigenvalue weighted by Crippen LogP contribution is -2.19. The van der Waals surface area contributed by atoms with Gasteiger partial charge in [0, 0.05) is 7.11 Å². The van der Waals surface area contributed by atoms with Crippen molar-refractivity contribution in [3.63, 3.8) is 0 Å². The van der Waals surface area contributed by atoms with Crippen LogP contribution in [-0.2, 0) is 9.39 Å². The van der Waals surface area contributed by atoms with Gasteiger partial charge in [0.2, 0.25) is 0 Å². The molecule has 0 fully saturated rings. The molecule has 0 saturated carbocycles. The van der Waals surface area contributed by atoms with Crippen LogP contribution in [0.25, 0.3) is 0 Å². The van der Waals surface area contributed by atoms with Gasteiger partial charge in [-0.1, -0.05) is 0 Å². The lowest BCUT2D eigenvalue weighted by Gasteiger charge is -2.10. The first-order valence-electron chi connectivity index (χ1n) is 4.23. The molecule has 4 N–H and O–H groups in total. The van der Waals surface area contributed by atoms with Gasteiger partial charge in [-0.15, -0.1) is 0 Å². The van der Waals surface area contributed by atoms with Gasteiger partial charge < -0.3 is 29.7 Å². The number of aliphatic hydroxyl groups is 2. The summed E-state index contributed by atoms with van der Waals surface area (Å²) in [6.07, 6.45) is -0.612. The second-order valence-corrected chi connectivity index (χ2v) is 2.74. The van der Waals surface area contributed by atoms with Crippen molar-refractivity contribution in [2.75, 3.05) is 20.3 Å². The fraction of sp³-hybridized carbons (Fsp3) is 1.00. The molecule has 0 aromatic carbocycles. The van der Waals surface area contributed by atoms with E-state index in [9.17, 15) is 0 Å². The van der Waals surface area contributed by atoms with E-state index in [4.69, 9.17) is 25.0 Å². The van der Waals surface area contributed by atoms with Crippen LogP contribution in [0, 0.1) is 0 Å². The van der Waals surface area contributed by atoms with Crippen molar-refractivity contribution >= 4 is 7.32 Å². The van der Waals surface area contributed by atoms with E-state index in [1.807, 2.05) is 0 Å². The summed E-state index contributed by atoms with van der Waals surface area (Å²) in [6, 6.07) is 0. The number of aliphatic hydroxyl groups excluding tert-OH is 2. The minimum absolute atomic E-state index is 0.00667. The highest BCUT2D eigenvalue weighted by Crippen LogP contribution is 1.90. The SMILES string of the molecule is CC(O)COC(C)CO.COB(O)O. The van der Waals surface area contributed by atoms with E-state index in [-0.39, 0.29) is 12.7 Å². The molecule has 0 rings (SSSR count). The number of ether oxygens (including phenoxy) is 1. The molecule has 0 aliphatic rings. The highest BCUT2D eigenvalue weighted by Gasteiger charge is 2.01. The molecule has 0 saturated heterocycles. The first kappa shape index (κ1) is 16.3. The molecule has 0 amide bonds. The Bertz CT molecular complexity index is 110. The zero-order chi connectivity index (χ0) is 11.6. The van der Waals surface area contributed by atoms with E-state index in [0.717, 1.165) is 0 Å². The van der Waals surface area contributed by atoms with Crippen molar-refractivity contribution in [3.8, 4) is 0 Å². The molecule has 6 nitrogen and oxygen atoms in total. The smallest absolute Gasteiger partial charge is 0.402 e. The summed E-state index contributed by atoms with van der Waals surface area (Å²) < 4.78 is 8.81. The molecule has 14 heavy (non-hydrogen) atoms. The van der Waals surface area contributed by atoms with E-state index in [1.165, 1.54) is 7.11 Å². The largest absolute Gasteiger partial charge is 0.633 e. The topological polar surface area (TPSA) is 99.4 Å². The average molecular weight is 210 g/mol. The molecule has 86 valence electrons. The summed E-state index contributed by atoms with van der Waals surface area (Å²) in [5.74, 6) is 0. The standard InChI is InChI=1S/C6H14O3.CH5BO3/c1-5(8)4-9-6(2)3-7;1-5-2(3)4/h5-8H,3-4H2,1-2H3;3-4H,1H3. The molecule has 0 radical (unpaired) electrons. The third-order valence-electron chi connectivity index (χ3n) is 1.09. The maximum absolute atomic E-state index is 8.69. The summed E-state index contributed by atoms with van der Waals surface area (Å²) in [5, 5.41) is 32.5. The zero-order valence-electron chi connectivity index (χ0n) is 8.75. The number of rotatable bonds is 5. The highest BCUT2D eigenvalue weighted by atomic mass is 16.6. The summed E-state index contributed by atoms with van der Waals surface area (Å²) in [5.41, 5.74) is 0. The van der Waals surface area contributed by atoms with Gasteiger partial charge in [-0.2, -0.15) is 0 Å². The minimum Gasteiger partial charge on any atom is -0.402 e. The van der Waals surface area contributed by atoms with Crippen LogP contribution >= 0.6 is 0 Å². The van der Waals surface area contributed by atoms with E-state index >= 15 is 0 Å². The Balaban J connectivity index is 0. The van der Waals surface area contributed by atoms with E-state index < -0.39 is 13.4 Å². The molecule has 2 atom stereocenters. The quantitative estimate of drug-likeness (QED) is 0.406. The third kappa shape index (κ3) is 17.8. The minimum atomic E-state index is -1.62. The van der Waals surface area contributed by atoms with Gasteiger partial charge in [0.15, 0.2) is 0 Å². The predicted octanol–water partition coefficient (Wildman–Crippen LogP) is -1.63. The molecule has 0 aromatic heterocycles. The number of hydrogen-bond donors (Lipinski definition) is 4. The molecule has 0 heterocycles. The normalized spacial score (nSPS) is 13.9. The molecule has 2 unspecified atom stereocenters. The van der Waals surface area contributed by atoms with Crippen LogP contribution in [0.1, 0.15) is 13.8 Å². The Morgan fingerprint density at radius 2 is 1.71 bits per heavy atom. The van der Waals surface area contributed by atoms with Crippen molar-refractivity contribution in [1.29, 1.82) is 0 Å². The predicted molar refractivity (Wildman–Crippen MR) is 51.4 cm³/mol. The summed E-state index contributed by atoms with van der Waals surface area (Å²) >= 11 is 0. The highest BCUT2D eigenvalue weighted by molar-refractivity contribution is 6.32. The Hall–Kier alpha value is -0.175. The van der Waals surface area contributed by atoms with Gasteiger partial charge in [0.05, 0.1) is 25.4 Å². The first-order chi connectivity index (χ1) is 6.43. The second-order valence-electron chi connectivity index (χ2n) is 2.74. The van der Waals surface area contributed by atoms with Gasteiger partial charge in [-0.05, 0) is 13.8 Å². The fourth-order valence-electron chi connectivity index (χ4n) is 0.356. The van der Waals surface area contributed by atoms with Crippen LogP contribution in [0.5, 0.6) is 0 Å². The Kier molecular flexibility index (Phi) is 12.7. The van der Waals surface area contributed by atoms with Gasteiger partial charge in [-0.3, -0.25) is 0 Å². The molecular formula is C7H19BO6. The second kappa shape index (κ2) is 10.9. The monoisotopic (exact) mass is 210 g/mol. The molecular weight excluding hydrogens is 191 g/mol. The van der Waals surface area contributed by atoms with Gasteiger partial charge in [0.1, 0.15) is 0 Å². The molecule has 0 aliphatic heterocycles. The Morgan fingerprint density at radius 1 is 1.29 bits per heavy atom. The first-order valence-corrected chi connectivity index (χ1v) is 4.23. The lowest BCUT2D eigenvalue weighted by atomic mass is 10.3. The summed E-state index contributed by atoms with van der Waals surface area (Å²) in [6.45, 7) is 3.70. The van der Waals surface area contributed by atoms with Gasteiger partial charge in [0.25, 0.3) is 0 Å². The lowest BCUT2D eigenvalue weighted by molar-refractivity contribution is -0.0177. The summed E-state index contributed by atoms with van der Waals surface area (Å²) in [4.78, 5) is 0. The zero-order valence-corrected chi connectivity index (χ0v) is 8.75. The van der Waals surface area contributed by atoms with E-state index in [2.05, 4.69) is 4.65 Å². The Morgan fingerprint density at radius 3 is 1.93 bits per heavy atom. The van der Waals surface area contributed by atoms with Gasteiger partial charge >= 0.3 is 7.32 Å². The van der Waals surface area contributed by atoms with Crippen molar-refractivity contribution in [2.45, 2.75) is 26.1 Å². The number of hydrogen-bond acceptors (Lipinski definition) is 6. The van der Waals surface area contributed by atoms with Crippen LogP contribution in [0.2, 0.25) is 0 Å². The average Bonchev–Trinajstić information content (AvgIpc) is 2.14.